The van der Waals surface area contributed by atoms with Gasteiger partial charge in [-0.2, -0.15) is 5.10 Å². The molecule has 6 rings (SSSR count). The van der Waals surface area contributed by atoms with Gasteiger partial charge in [-0.05, 0) is 87.1 Å². The Kier molecular flexibility index (Phi) is 7.75. The van der Waals surface area contributed by atoms with Gasteiger partial charge in [-0.1, -0.05) is 13.0 Å². The van der Waals surface area contributed by atoms with Crippen molar-refractivity contribution in [2.45, 2.75) is 45.3 Å². The van der Waals surface area contributed by atoms with Gasteiger partial charge >= 0.3 is 0 Å². The van der Waals surface area contributed by atoms with Crippen LogP contribution in [0.1, 0.15) is 48.7 Å². The second kappa shape index (κ2) is 11.7. The number of carbonyl (C=O) groups is 1. The van der Waals surface area contributed by atoms with E-state index in [2.05, 4.69) is 55.3 Å². The fourth-order valence-electron chi connectivity index (χ4n) is 5.59. The first-order valence-electron chi connectivity index (χ1n) is 14.3. The molecule has 0 saturated carbocycles. The molecule has 5 heterocycles. The summed E-state index contributed by atoms with van der Waals surface area (Å²) in [5.74, 6) is 1.05. The number of hydrogen-bond donors (Lipinski definition) is 2. The van der Waals surface area contributed by atoms with E-state index < -0.39 is 0 Å². The van der Waals surface area contributed by atoms with Crippen molar-refractivity contribution in [3.63, 3.8) is 0 Å². The van der Waals surface area contributed by atoms with Gasteiger partial charge in [-0.3, -0.25) is 19.8 Å². The highest BCUT2D eigenvalue weighted by molar-refractivity contribution is 6.11. The summed E-state index contributed by atoms with van der Waals surface area (Å²) in [7, 11) is 2.12. The molecule has 9 heteroatoms. The monoisotopic (exact) mass is 539 g/mol. The molecule has 2 N–H and O–H groups in total. The van der Waals surface area contributed by atoms with Crippen LogP contribution in [0.25, 0.3) is 22.0 Å². The summed E-state index contributed by atoms with van der Waals surface area (Å²) >= 11 is 0. The second-order valence-electron chi connectivity index (χ2n) is 11.3. The Morgan fingerprint density at radius 1 is 1.02 bits per heavy atom. The molecule has 0 unspecified atom stereocenters. The van der Waals surface area contributed by atoms with E-state index in [0.29, 0.717) is 17.3 Å². The van der Waals surface area contributed by atoms with Gasteiger partial charge in [0.25, 0.3) is 5.91 Å². The largest absolute Gasteiger partial charge is 0.474 e. The van der Waals surface area contributed by atoms with E-state index >= 15 is 0 Å². The molecule has 0 bridgehead atoms. The molecule has 40 heavy (non-hydrogen) atoms. The normalized spacial score (nSPS) is 17.8. The van der Waals surface area contributed by atoms with Gasteiger partial charge in [-0.15, -0.1) is 0 Å². The maximum Gasteiger partial charge on any atom is 0.276 e. The molecule has 2 fully saturated rings. The number of ether oxygens (including phenoxy) is 1. The Morgan fingerprint density at radius 3 is 2.67 bits per heavy atom. The number of hydrogen-bond acceptors (Lipinski definition) is 7. The average Bonchev–Trinajstić information content (AvgIpc) is 3.40. The third-order valence-electron chi connectivity index (χ3n) is 8.13. The van der Waals surface area contributed by atoms with Crippen LogP contribution in [0.15, 0.2) is 55.0 Å². The number of anilines is 1. The second-order valence-corrected chi connectivity index (χ2v) is 11.3. The van der Waals surface area contributed by atoms with Gasteiger partial charge in [-0.25, -0.2) is 4.98 Å². The van der Waals surface area contributed by atoms with E-state index in [4.69, 9.17) is 4.74 Å². The minimum atomic E-state index is -0.286. The molecule has 0 spiro atoms. The lowest BCUT2D eigenvalue weighted by atomic mass is 9.98. The number of amides is 1. The SMILES string of the molecule is CC1CCN(Cc2cncc(-c3ccc4[nH]nc(C(=O)Nc5ccnc(OC6CCN(C)CC6)c5)c4c3)c2)CC1. The van der Waals surface area contributed by atoms with Crippen molar-refractivity contribution in [3.05, 3.63) is 66.2 Å². The summed E-state index contributed by atoms with van der Waals surface area (Å²) in [6, 6.07) is 11.8. The lowest BCUT2D eigenvalue weighted by Crippen LogP contribution is -2.35. The van der Waals surface area contributed by atoms with Crippen LogP contribution in [0.5, 0.6) is 5.88 Å². The fraction of sp³-hybridized carbons (Fsp3) is 0.419. The van der Waals surface area contributed by atoms with Crippen LogP contribution in [-0.4, -0.2) is 75.2 Å². The molecular weight excluding hydrogens is 502 g/mol. The van der Waals surface area contributed by atoms with E-state index in [1.54, 1.807) is 18.3 Å². The Morgan fingerprint density at radius 2 is 1.85 bits per heavy atom. The number of H-pyrrole nitrogens is 1. The zero-order chi connectivity index (χ0) is 27.5. The molecule has 0 radical (unpaired) electrons. The van der Waals surface area contributed by atoms with Gasteiger partial charge in [0.15, 0.2) is 5.69 Å². The van der Waals surface area contributed by atoms with E-state index in [1.165, 1.54) is 18.4 Å². The van der Waals surface area contributed by atoms with Crippen LogP contribution in [0.3, 0.4) is 0 Å². The molecule has 2 aliphatic heterocycles. The highest BCUT2D eigenvalue weighted by Gasteiger charge is 2.20. The van der Waals surface area contributed by atoms with E-state index in [1.807, 2.05) is 30.6 Å². The van der Waals surface area contributed by atoms with Crippen LogP contribution >= 0.6 is 0 Å². The summed E-state index contributed by atoms with van der Waals surface area (Å²) in [6.45, 7) is 7.52. The number of benzene rings is 1. The lowest BCUT2D eigenvalue weighted by Gasteiger charge is -2.30. The molecule has 4 aromatic rings. The van der Waals surface area contributed by atoms with Crippen molar-refractivity contribution in [1.29, 1.82) is 0 Å². The summed E-state index contributed by atoms with van der Waals surface area (Å²) in [6.07, 6.45) is 10.1. The first kappa shape index (κ1) is 26.4. The quantitative estimate of drug-likeness (QED) is 0.342. The highest BCUT2D eigenvalue weighted by atomic mass is 16.5. The molecule has 2 saturated heterocycles. The fourth-order valence-corrected chi connectivity index (χ4v) is 5.59. The van der Waals surface area contributed by atoms with Gasteiger partial charge in [0.05, 0.1) is 5.52 Å². The Balaban J connectivity index is 1.16. The molecule has 2 aliphatic rings. The molecule has 9 nitrogen and oxygen atoms in total. The summed E-state index contributed by atoms with van der Waals surface area (Å²) in [5.41, 5.74) is 5.01. The molecule has 208 valence electrons. The molecular formula is C31H37N7O2. The predicted molar refractivity (Wildman–Crippen MR) is 156 cm³/mol. The van der Waals surface area contributed by atoms with E-state index in [9.17, 15) is 4.79 Å². The minimum absolute atomic E-state index is 0.139. The number of aromatic nitrogens is 4. The maximum absolute atomic E-state index is 13.3. The van der Waals surface area contributed by atoms with Crippen LogP contribution in [0, 0.1) is 5.92 Å². The molecule has 0 aliphatic carbocycles. The van der Waals surface area contributed by atoms with Gasteiger partial charge in [0.2, 0.25) is 5.88 Å². The zero-order valence-corrected chi connectivity index (χ0v) is 23.3. The molecule has 1 amide bonds. The van der Waals surface area contributed by atoms with Gasteiger partial charge in [0, 0.05) is 60.9 Å². The van der Waals surface area contributed by atoms with Crippen molar-refractivity contribution >= 4 is 22.5 Å². The van der Waals surface area contributed by atoms with Crippen LogP contribution in [0.2, 0.25) is 0 Å². The van der Waals surface area contributed by atoms with Crippen LogP contribution < -0.4 is 10.1 Å². The van der Waals surface area contributed by atoms with Crippen LogP contribution in [0.4, 0.5) is 5.69 Å². The minimum Gasteiger partial charge on any atom is -0.474 e. The number of carbonyl (C=O) groups excluding carboxylic acids is 1. The van der Waals surface area contributed by atoms with Crippen LogP contribution in [-0.2, 0) is 6.54 Å². The van der Waals surface area contributed by atoms with Crippen molar-refractivity contribution < 1.29 is 9.53 Å². The number of aromatic amines is 1. The Bertz CT molecular complexity index is 1470. The van der Waals surface area contributed by atoms with Gasteiger partial charge < -0.3 is 15.0 Å². The third-order valence-corrected chi connectivity index (χ3v) is 8.13. The Hall–Kier alpha value is -3.82. The van der Waals surface area contributed by atoms with Gasteiger partial charge in [0.1, 0.15) is 6.10 Å². The number of nitrogens with one attached hydrogen (secondary N) is 2. The zero-order valence-electron chi connectivity index (χ0n) is 23.3. The predicted octanol–water partition coefficient (Wildman–Crippen LogP) is 4.98. The molecule has 1 aromatic carbocycles. The van der Waals surface area contributed by atoms with Crippen molar-refractivity contribution in [2.75, 3.05) is 38.5 Å². The molecule has 0 atom stereocenters. The van der Waals surface area contributed by atoms with E-state index in [0.717, 1.165) is 73.5 Å². The van der Waals surface area contributed by atoms with E-state index in [-0.39, 0.29) is 12.0 Å². The number of fused-ring (bicyclic) bond motifs is 1. The number of pyridine rings is 2. The summed E-state index contributed by atoms with van der Waals surface area (Å²) in [4.78, 5) is 27.0. The number of likely N-dealkylation sites (tertiary alicyclic amines) is 2. The van der Waals surface area contributed by atoms with Crippen molar-refractivity contribution in [1.82, 2.24) is 30.0 Å². The first-order chi connectivity index (χ1) is 19.5. The third kappa shape index (κ3) is 6.16. The number of piperidine rings is 2. The smallest absolute Gasteiger partial charge is 0.276 e. The van der Waals surface area contributed by atoms with Crippen molar-refractivity contribution in [3.8, 4) is 17.0 Å². The highest BCUT2D eigenvalue weighted by Crippen LogP contribution is 2.27. The Labute approximate surface area is 235 Å². The number of rotatable bonds is 7. The average molecular weight is 540 g/mol. The lowest BCUT2D eigenvalue weighted by molar-refractivity contribution is 0.102. The molecule has 3 aromatic heterocycles. The standard InChI is InChI=1S/C31H37N7O2/c1-21-6-13-38(14-7-21)20-22-15-24(19-32-18-22)23-3-4-28-27(16-23)30(36-35-28)31(39)34-25-5-10-33-29(17-25)40-26-8-11-37(2)12-9-26/h3-5,10,15-19,21,26H,6-9,11-14,20H2,1-2H3,(H,35,36)(H,33,34,39). The number of nitrogens with zero attached hydrogens (tertiary/aromatic N) is 5. The summed E-state index contributed by atoms with van der Waals surface area (Å²) < 4.78 is 6.09. The maximum atomic E-state index is 13.3. The van der Waals surface area contributed by atoms with Crippen molar-refractivity contribution in [2.24, 2.45) is 5.92 Å². The first-order valence-corrected chi connectivity index (χ1v) is 14.3. The summed E-state index contributed by atoms with van der Waals surface area (Å²) in [5, 5.41) is 11.1. The topological polar surface area (TPSA) is 99.3 Å².